The van der Waals surface area contributed by atoms with Crippen LogP contribution < -0.4 is 0 Å². The molecule has 1 N–H and O–H groups in total. The van der Waals surface area contributed by atoms with E-state index in [1.54, 1.807) is 11.8 Å². The van der Waals surface area contributed by atoms with Crippen LogP contribution in [0.4, 0.5) is 8.78 Å². The number of benzene rings is 1. The summed E-state index contributed by atoms with van der Waals surface area (Å²) in [6, 6.07) is 3.70. The number of aryl methyl sites for hydroxylation is 1. The van der Waals surface area contributed by atoms with Gasteiger partial charge in [0.25, 0.3) is 5.91 Å². The smallest absolute Gasteiger partial charge is 0.274 e. The first-order valence-electron chi connectivity index (χ1n) is 8.57. The Kier molecular flexibility index (Phi) is 5.33. The minimum atomic E-state index is -0.738. The quantitative estimate of drug-likeness (QED) is 0.895. The normalized spacial score (nSPS) is 18.3. The van der Waals surface area contributed by atoms with Crippen molar-refractivity contribution in [2.75, 3.05) is 32.8 Å². The molecular weight excluding hydrogens is 342 g/mol. The predicted molar refractivity (Wildman–Crippen MR) is 92.2 cm³/mol. The zero-order valence-electron chi connectivity index (χ0n) is 14.8. The number of hydrogen-bond donors (Lipinski definition) is 1. The number of carbonyl (C=O) groups excluding carboxylic acids is 1. The number of para-hydroxylation sites is 1. The molecule has 0 aliphatic carbocycles. The summed E-state index contributed by atoms with van der Waals surface area (Å²) in [4.78, 5) is 16.6. The zero-order valence-corrected chi connectivity index (χ0v) is 14.8. The van der Waals surface area contributed by atoms with Gasteiger partial charge < -0.3 is 10.0 Å². The largest absolute Gasteiger partial charge is 0.395 e. The fourth-order valence-corrected chi connectivity index (χ4v) is 3.28. The summed E-state index contributed by atoms with van der Waals surface area (Å²) in [6.07, 6.45) is 1.46. The summed E-state index contributed by atoms with van der Waals surface area (Å²) in [5.74, 6) is -1.73. The lowest BCUT2D eigenvalue weighted by molar-refractivity contribution is 0.0464. The Labute approximate surface area is 150 Å². The van der Waals surface area contributed by atoms with Crippen molar-refractivity contribution in [2.45, 2.75) is 19.9 Å². The molecule has 140 valence electrons. The van der Waals surface area contributed by atoms with Crippen molar-refractivity contribution < 1.29 is 18.7 Å². The Morgan fingerprint density at radius 1 is 1.31 bits per heavy atom. The third kappa shape index (κ3) is 3.47. The van der Waals surface area contributed by atoms with Crippen LogP contribution >= 0.6 is 0 Å². The van der Waals surface area contributed by atoms with Gasteiger partial charge in [-0.1, -0.05) is 6.07 Å². The topological polar surface area (TPSA) is 61.6 Å². The van der Waals surface area contributed by atoms with Crippen LogP contribution in [0.25, 0.3) is 5.69 Å². The Balaban J connectivity index is 1.83. The van der Waals surface area contributed by atoms with Crippen molar-refractivity contribution in [1.29, 1.82) is 0 Å². The Morgan fingerprint density at radius 3 is 2.62 bits per heavy atom. The lowest BCUT2D eigenvalue weighted by Crippen LogP contribution is -2.54. The maximum atomic E-state index is 14.0. The summed E-state index contributed by atoms with van der Waals surface area (Å²) in [5, 5.41) is 13.2. The molecule has 0 saturated carbocycles. The molecule has 1 unspecified atom stereocenters. The molecule has 6 nitrogen and oxygen atoms in total. The Hall–Kier alpha value is -2.32. The average Bonchev–Trinajstić information content (AvgIpc) is 2.97. The highest BCUT2D eigenvalue weighted by Gasteiger charge is 2.29. The molecule has 1 saturated heterocycles. The van der Waals surface area contributed by atoms with E-state index in [0.717, 1.165) is 16.8 Å². The number of halogens is 2. The van der Waals surface area contributed by atoms with Crippen molar-refractivity contribution in [3.05, 3.63) is 47.3 Å². The molecule has 26 heavy (non-hydrogen) atoms. The third-order valence-corrected chi connectivity index (χ3v) is 4.71. The number of nitrogens with zero attached hydrogens (tertiary/aromatic N) is 4. The van der Waals surface area contributed by atoms with Gasteiger partial charge in [0.1, 0.15) is 5.69 Å². The van der Waals surface area contributed by atoms with Crippen LogP contribution in [0.1, 0.15) is 23.0 Å². The van der Waals surface area contributed by atoms with Crippen LogP contribution in [0.5, 0.6) is 0 Å². The van der Waals surface area contributed by atoms with E-state index in [9.17, 15) is 13.6 Å². The number of carbonyl (C=O) groups is 1. The fourth-order valence-electron chi connectivity index (χ4n) is 3.28. The highest BCUT2D eigenvalue weighted by Crippen LogP contribution is 2.20. The standard InChI is InChI=1S/C18H22F2N4O2/c1-12-10-24(17-14(19)4-3-5-15(17)20)21-16(12)18(26)23-7-6-22(8-9-25)13(2)11-23/h3-5,10,13,25H,6-9,11H2,1-2H3. The van der Waals surface area contributed by atoms with Crippen LogP contribution in [0.3, 0.4) is 0 Å². The first-order valence-corrected chi connectivity index (χ1v) is 8.57. The van der Waals surface area contributed by atoms with Gasteiger partial charge in [-0.25, -0.2) is 13.5 Å². The number of aliphatic hydroxyl groups excluding tert-OH is 1. The van der Waals surface area contributed by atoms with Crippen LogP contribution in [0, 0.1) is 18.6 Å². The van der Waals surface area contributed by atoms with Gasteiger partial charge in [-0.2, -0.15) is 5.10 Å². The number of β-amino-alcohol motifs (C(OH)–C–C–N with tert-alkyl or cyclic N) is 1. The average molecular weight is 364 g/mol. The molecule has 1 aliphatic heterocycles. The first kappa shape index (κ1) is 18.5. The fraction of sp³-hybridized carbons (Fsp3) is 0.444. The molecule has 1 aromatic heterocycles. The van der Waals surface area contributed by atoms with Crippen LogP contribution in [-0.2, 0) is 0 Å². The molecule has 2 aromatic rings. The van der Waals surface area contributed by atoms with Gasteiger partial charge >= 0.3 is 0 Å². The molecule has 1 aliphatic rings. The van der Waals surface area contributed by atoms with E-state index in [2.05, 4.69) is 10.00 Å². The Morgan fingerprint density at radius 2 is 2.00 bits per heavy atom. The molecule has 2 heterocycles. The van der Waals surface area contributed by atoms with Gasteiger partial charge in [-0.15, -0.1) is 0 Å². The highest BCUT2D eigenvalue weighted by atomic mass is 19.1. The Bertz CT molecular complexity index is 788. The van der Waals surface area contributed by atoms with Crippen LogP contribution in [-0.4, -0.2) is 69.4 Å². The van der Waals surface area contributed by atoms with E-state index in [1.807, 2.05) is 6.92 Å². The van der Waals surface area contributed by atoms with Crippen molar-refractivity contribution in [3.8, 4) is 5.69 Å². The van der Waals surface area contributed by atoms with Gasteiger partial charge in [0.2, 0.25) is 0 Å². The second kappa shape index (κ2) is 7.51. The molecule has 1 fully saturated rings. The van der Waals surface area contributed by atoms with Gasteiger partial charge in [-0.05, 0) is 26.0 Å². The molecule has 8 heteroatoms. The van der Waals surface area contributed by atoms with Gasteiger partial charge in [0.15, 0.2) is 17.3 Å². The number of aromatic nitrogens is 2. The molecule has 1 amide bonds. The number of rotatable bonds is 4. The molecule has 0 spiro atoms. The number of hydrogen-bond acceptors (Lipinski definition) is 4. The van der Waals surface area contributed by atoms with E-state index in [-0.39, 0.29) is 29.9 Å². The summed E-state index contributed by atoms with van der Waals surface area (Å²) in [7, 11) is 0. The molecule has 0 bridgehead atoms. The maximum absolute atomic E-state index is 14.0. The zero-order chi connectivity index (χ0) is 18.8. The van der Waals surface area contributed by atoms with Crippen molar-refractivity contribution in [1.82, 2.24) is 19.6 Å². The van der Waals surface area contributed by atoms with E-state index in [0.29, 0.717) is 31.7 Å². The molecule has 3 rings (SSSR count). The second-order valence-electron chi connectivity index (χ2n) is 6.54. The SMILES string of the molecule is Cc1cn(-c2c(F)cccc2F)nc1C(=O)N1CCN(CCO)C(C)C1. The minimum absolute atomic E-state index is 0.0794. The molecule has 1 aromatic carbocycles. The summed E-state index contributed by atoms with van der Waals surface area (Å²) < 4.78 is 29.0. The van der Waals surface area contributed by atoms with Crippen LogP contribution in [0.2, 0.25) is 0 Å². The first-order chi connectivity index (χ1) is 12.4. The summed E-state index contributed by atoms with van der Waals surface area (Å²) in [5.41, 5.74) is 0.453. The van der Waals surface area contributed by atoms with Gasteiger partial charge in [-0.3, -0.25) is 9.69 Å². The molecule has 0 radical (unpaired) electrons. The van der Waals surface area contributed by atoms with E-state index in [1.165, 1.54) is 12.3 Å². The van der Waals surface area contributed by atoms with Gasteiger partial charge in [0, 0.05) is 44.0 Å². The summed E-state index contributed by atoms with van der Waals surface area (Å²) >= 11 is 0. The van der Waals surface area contributed by atoms with Crippen LogP contribution in [0.15, 0.2) is 24.4 Å². The number of amides is 1. The minimum Gasteiger partial charge on any atom is -0.395 e. The summed E-state index contributed by atoms with van der Waals surface area (Å²) in [6.45, 7) is 6.04. The lowest BCUT2D eigenvalue weighted by Gasteiger charge is -2.39. The van der Waals surface area contributed by atoms with Gasteiger partial charge in [0.05, 0.1) is 6.61 Å². The molecular formula is C18H22F2N4O2. The number of aliphatic hydroxyl groups is 1. The predicted octanol–water partition coefficient (Wildman–Crippen LogP) is 1.60. The maximum Gasteiger partial charge on any atom is 0.274 e. The van der Waals surface area contributed by atoms with Crippen molar-refractivity contribution >= 4 is 5.91 Å². The lowest BCUT2D eigenvalue weighted by atomic mass is 10.1. The number of piperazine rings is 1. The highest BCUT2D eigenvalue weighted by molar-refractivity contribution is 5.93. The monoisotopic (exact) mass is 364 g/mol. The van der Waals surface area contributed by atoms with E-state index < -0.39 is 11.6 Å². The van der Waals surface area contributed by atoms with E-state index >= 15 is 0 Å². The second-order valence-corrected chi connectivity index (χ2v) is 6.54. The van der Waals surface area contributed by atoms with Crippen molar-refractivity contribution in [3.63, 3.8) is 0 Å². The van der Waals surface area contributed by atoms with Crippen molar-refractivity contribution in [2.24, 2.45) is 0 Å². The van der Waals surface area contributed by atoms with E-state index in [4.69, 9.17) is 5.11 Å². The third-order valence-electron chi connectivity index (χ3n) is 4.71. The molecule has 1 atom stereocenters.